The Balaban J connectivity index is 0.000000218. The van der Waals surface area contributed by atoms with Crippen LogP contribution in [0.15, 0.2) is 0 Å². The van der Waals surface area contributed by atoms with Crippen LogP contribution in [0.3, 0.4) is 0 Å². The lowest BCUT2D eigenvalue weighted by Crippen LogP contribution is -1.74. The first-order valence-electron chi connectivity index (χ1n) is 5.07. The van der Waals surface area contributed by atoms with E-state index in [0.717, 1.165) is 17.8 Å². The minimum atomic E-state index is 0.833. The van der Waals surface area contributed by atoms with E-state index in [9.17, 15) is 0 Å². The molecule has 0 aromatic heterocycles. The maximum atomic E-state index is 2.35. The molecule has 1 fully saturated rings. The fourth-order valence-electron chi connectivity index (χ4n) is 1.17. The second kappa shape index (κ2) is 5.62. The zero-order valence-corrected chi connectivity index (χ0v) is 8.85. The quantitative estimate of drug-likeness (QED) is 0.564. The molecule has 11 heavy (non-hydrogen) atoms. The van der Waals surface area contributed by atoms with Gasteiger partial charge in [0, 0.05) is 0 Å². The third kappa shape index (κ3) is 7.90. The van der Waals surface area contributed by atoms with Crippen LogP contribution in [0.2, 0.25) is 0 Å². The molecular weight excluding hydrogens is 132 g/mol. The third-order valence-corrected chi connectivity index (χ3v) is 1.94. The number of rotatable bonds is 2. The molecule has 0 radical (unpaired) electrons. The van der Waals surface area contributed by atoms with Gasteiger partial charge in [0.1, 0.15) is 0 Å². The van der Waals surface area contributed by atoms with Crippen molar-refractivity contribution in [3.05, 3.63) is 0 Å². The van der Waals surface area contributed by atoms with E-state index in [-0.39, 0.29) is 0 Å². The van der Waals surface area contributed by atoms with Crippen LogP contribution < -0.4 is 0 Å². The summed E-state index contributed by atoms with van der Waals surface area (Å²) < 4.78 is 0. The van der Waals surface area contributed by atoms with Gasteiger partial charge in [0.05, 0.1) is 0 Å². The normalized spacial score (nSPS) is 27.8. The highest BCUT2D eigenvalue weighted by Gasteiger charge is 2.30. The standard InChI is InChI=1S/C7H14.C4H10/c1-3-4-7-5-6(7)2;1-4(2)3/h6-7H,3-5H2,1-2H3;4H,1-3H3. The smallest absolute Gasteiger partial charge is 0.0386 e. The maximum absolute atomic E-state index is 2.35. The highest BCUT2D eigenvalue weighted by Crippen LogP contribution is 2.40. The summed E-state index contributed by atoms with van der Waals surface area (Å²) in [5.74, 6) is 3.02. The van der Waals surface area contributed by atoms with Crippen molar-refractivity contribution in [3.8, 4) is 0 Å². The van der Waals surface area contributed by atoms with Gasteiger partial charge in [0.15, 0.2) is 0 Å². The number of hydrogen-bond donors (Lipinski definition) is 0. The summed E-state index contributed by atoms with van der Waals surface area (Å²) in [5.41, 5.74) is 0. The largest absolute Gasteiger partial charge is 0.0654 e. The Labute approximate surface area is 72.4 Å². The average molecular weight is 156 g/mol. The van der Waals surface area contributed by atoms with Gasteiger partial charge in [0.2, 0.25) is 0 Å². The van der Waals surface area contributed by atoms with E-state index in [1.807, 2.05) is 0 Å². The lowest BCUT2D eigenvalue weighted by Gasteiger charge is -1.86. The third-order valence-electron chi connectivity index (χ3n) is 1.94. The van der Waals surface area contributed by atoms with E-state index in [1.165, 1.54) is 19.3 Å². The van der Waals surface area contributed by atoms with Crippen molar-refractivity contribution >= 4 is 0 Å². The number of hydrogen-bond acceptors (Lipinski definition) is 0. The van der Waals surface area contributed by atoms with Crippen LogP contribution >= 0.6 is 0 Å². The van der Waals surface area contributed by atoms with Crippen molar-refractivity contribution in [2.45, 2.75) is 53.9 Å². The van der Waals surface area contributed by atoms with Gasteiger partial charge in [0.25, 0.3) is 0 Å². The molecule has 1 aliphatic carbocycles. The van der Waals surface area contributed by atoms with Gasteiger partial charge in [-0.15, -0.1) is 0 Å². The topological polar surface area (TPSA) is 0 Å². The van der Waals surface area contributed by atoms with Crippen LogP contribution in [0, 0.1) is 17.8 Å². The molecule has 0 aromatic rings. The first kappa shape index (κ1) is 11.0. The lowest BCUT2D eigenvalue weighted by atomic mass is 10.2. The second-order valence-corrected chi connectivity index (χ2v) is 4.49. The molecule has 0 amide bonds. The van der Waals surface area contributed by atoms with E-state index >= 15 is 0 Å². The van der Waals surface area contributed by atoms with Gasteiger partial charge in [-0.25, -0.2) is 0 Å². The van der Waals surface area contributed by atoms with E-state index in [2.05, 4.69) is 34.6 Å². The lowest BCUT2D eigenvalue weighted by molar-refractivity contribution is 0.659. The first-order chi connectivity index (χ1) is 5.07. The predicted molar refractivity (Wildman–Crippen MR) is 52.7 cm³/mol. The Morgan fingerprint density at radius 1 is 1.27 bits per heavy atom. The minimum Gasteiger partial charge on any atom is -0.0654 e. The Morgan fingerprint density at radius 2 is 1.64 bits per heavy atom. The second-order valence-electron chi connectivity index (χ2n) is 4.49. The van der Waals surface area contributed by atoms with Crippen molar-refractivity contribution in [1.82, 2.24) is 0 Å². The van der Waals surface area contributed by atoms with Crippen LogP contribution in [0.4, 0.5) is 0 Å². The van der Waals surface area contributed by atoms with Crippen LogP contribution in [-0.4, -0.2) is 0 Å². The first-order valence-corrected chi connectivity index (χ1v) is 5.07. The predicted octanol–water partition coefficient (Wildman–Crippen LogP) is 4.10. The molecule has 1 saturated carbocycles. The molecular formula is C11H24. The zero-order chi connectivity index (χ0) is 8.85. The van der Waals surface area contributed by atoms with Crippen LogP contribution in [-0.2, 0) is 0 Å². The molecule has 68 valence electrons. The summed E-state index contributed by atoms with van der Waals surface area (Å²) in [6, 6.07) is 0. The van der Waals surface area contributed by atoms with Gasteiger partial charge in [-0.1, -0.05) is 47.5 Å². The molecule has 0 aliphatic heterocycles. The van der Waals surface area contributed by atoms with Gasteiger partial charge in [-0.05, 0) is 24.2 Å². The summed E-state index contributed by atoms with van der Waals surface area (Å²) in [7, 11) is 0. The van der Waals surface area contributed by atoms with E-state index < -0.39 is 0 Å². The molecule has 0 nitrogen and oxygen atoms in total. The molecule has 0 N–H and O–H groups in total. The summed E-state index contributed by atoms with van der Waals surface area (Å²) >= 11 is 0. The highest BCUT2D eigenvalue weighted by atomic mass is 14.4. The van der Waals surface area contributed by atoms with Crippen molar-refractivity contribution in [1.29, 1.82) is 0 Å². The summed E-state index contributed by atoms with van der Waals surface area (Å²) in [6.45, 7) is 11.1. The fourth-order valence-corrected chi connectivity index (χ4v) is 1.17. The molecule has 0 spiro atoms. The molecule has 0 saturated heterocycles. The van der Waals surface area contributed by atoms with Crippen molar-refractivity contribution in [2.75, 3.05) is 0 Å². The highest BCUT2D eigenvalue weighted by molar-refractivity contribution is 4.81. The SMILES string of the molecule is CC(C)C.CCCC1CC1C. The van der Waals surface area contributed by atoms with Crippen molar-refractivity contribution in [3.63, 3.8) is 0 Å². The van der Waals surface area contributed by atoms with Crippen LogP contribution in [0.5, 0.6) is 0 Å². The van der Waals surface area contributed by atoms with Gasteiger partial charge in [-0.3, -0.25) is 0 Å². The van der Waals surface area contributed by atoms with Gasteiger partial charge in [-0.2, -0.15) is 0 Å². The Bertz CT molecular complexity index is 81.3. The molecule has 0 heterocycles. The molecule has 2 unspecified atom stereocenters. The molecule has 0 aromatic carbocycles. The molecule has 2 atom stereocenters. The Kier molecular flexibility index (Phi) is 5.62. The fraction of sp³-hybridized carbons (Fsp3) is 1.00. The van der Waals surface area contributed by atoms with Crippen molar-refractivity contribution in [2.24, 2.45) is 17.8 Å². The van der Waals surface area contributed by atoms with Crippen LogP contribution in [0.25, 0.3) is 0 Å². The van der Waals surface area contributed by atoms with E-state index in [0.29, 0.717) is 0 Å². The minimum absolute atomic E-state index is 0.833. The van der Waals surface area contributed by atoms with Crippen LogP contribution in [0.1, 0.15) is 53.9 Å². The van der Waals surface area contributed by atoms with Gasteiger partial charge >= 0.3 is 0 Å². The Morgan fingerprint density at radius 3 is 1.73 bits per heavy atom. The summed E-state index contributed by atoms with van der Waals surface area (Å²) in [4.78, 5) is 0. The Hall–Kier alpha value is 0. The van der Waals surface area contributed by atoms with E-state index in [1.54, 1.807) is 0 Å². The monoisotopic (exact) mass is 156 g/mol. The average Bonchev–Trinajstić information content (AvgIpc) is 2.46. The summed E-state index contributed by atoms with van der Waals surface area (Å²) in [5, 5.41) is 0. The molecule has 1 aliphatic rings. The van der Waals surface area contributed by atoms with E-state index in [4.69, 9.17) is 0 Å². The molecule has 0 heteroatoms. The zero-order valence-electron chi connectivity index (χ0n) is 8.85. The maximum Gasteiger partial charge on any atom is -0.0386 e. The molecule has 0 bridgehead atoms. The van der Waals surface area contributed by atoms with Crippen molar-refractivity contribution < 1.29 is 0 Å². The summed E-state index contributed by atoms with van der Waals surface area (Å²) in [6.07, 6.45) is 4.37. The molecule has 1 rings (SSSR count). The van der Waals surface area contributed by atoms with Gasteiger partial charge < -0.3 is 0 Å².